The average molecular weight is 263 g/mol. The number of anilines is 1. The van der Waals surface area contributed by atoms with Gasteiger partial charge in [-0.15, -0.1) is 0 Å². The van der Waals surface area contributed by atoms with Gasteiger partial charge in [-0.3, -0.25) is 4.79 Å². The third kappa shape index (κ3) is 2.83. The second-order valence-electron chi connectivity index (χ2n) is 5.30. The van der Waals surface area contributed by atoms with E-state index in [2.05, 4.69) is 4.90 Å². The Hall–Kier alpha value is -1.71. The Morgan fingerprint density at radius 2 is 2.11 bits per heavy atom. The molecule has 2 rings (SSSR count). The van der Waals surface area contributed by atoms with Gasteiger partial charge in [0.2, 0.25) is 0 Å². The van der Waals surface area contributed by atoms with Crippen molar-refractivity contribution in [2.24, 2.45) is 5.92 Å². The summed E-state index contributed by atoms with van der Waals surface area (Å²) in [4.78, 5) is 13.3. The molecule has 0 saturated carbocycles. The van der Waals surface area contributed by atoms with E-state index in [0.29, 0.717) is 6.42 Å². The predicted octanol–water partition coefficient (Wildman–Crippen LogP) is 2.77. The van der Waals surface area contributed by atoms with Crippen LogP contribution in [0.5, 0.6) is 5.75 Å². The zero-order valence-corrected chi connectivity index (χ0v) is 11.7. The van der Waals surface area contributed by atoms with Gasteiger partial charge in [0.05, 0.1) is 17.7 Å². The van der Waals surface area contributed by atoms with Crippen molar-refractivity contribution in [1.29, 1.82) is 0 Å². The van der Waals surface area contributed by atoms with E-state index < -0.39 is 5.97 Å². The highest BCUT2D eigenvalue weighted by atomic mass is 16.5. The predicted molar refractivity (Wildman–Crippen MR) is 74.8 cm³/mol. The number of aliphatic carboxylic acids is 1. The van der Waals surface area contributed by atoms with Crippen LogP contribution in [0, 0.1) is 5.92 Å². The fraction of sp³-hybridized carbons (Fsp3) is 0.533. The molecular formula is C15H21NO3. The van der Waals surface area contributed by atoms with E-state index in [0.717, 1.165) is 18.0 Å². The number of hydrogen-bond donors (Lipinski definition) is 1. The minimum atomic E-state index is -0.711. The minimum Gasteiger partial charge on any atom is -0.489 e. The van der Waals surface area contributed by atoms with Gasteiger partial charge in [-0.1, -0.05) is 12.1 Å². The fourth-order valence-corrected chi connectivity index (χ4v) is 2.66. The summed E-state index contributed by atoms with van der Waals surface area (Å²) in [5.74, 6) is -0.181. The third-order valence-electron chi connectivity index (χ3n) is 3.61. The number of rotatable bonds is 4. The van der Waals surface area contributed by atoms with Crippen LogP contribution < -0.4 is 9.64 Å². The molecule has 104 valence electrons. The number of hydrogen-bond acceptors (Lipinski definition) is 3. The maximum atomic E-state index is 11.2. The minimum absolute atomic E-state index is 0.00517. The normalized spacial score (nSPS) is 22.8. The van der Waals surface area contributed by atoms with Crippen LogP contribution in [-0.2, 0) is 4.79 Å². The van der Waals surface area contributed by atoms with Crippen molar-refractivity contribution < 1.29 is 14.6 Å². The lowest BCUT2D eigenvalue weighted by Gasteiger charge is -2.28. The Kier molecular flexibility index (Phi) is 3.98. The standard InChI is InChI=1S/C15H21NO3/c1-10(2)19-14-7-5-4-6-13(14)16-9-8-12(11(16)3)15(17)18/h4-7,10-12H,8-9H2,1-3H3,(H,17,18). The van der Waals surface area contributed by atoms with Crippen LogP contribution in [0.4, 0.5) is 5.69 Å². The molecule has 1 aromatic rings. The van der Waals surface area contributed by atoms with E-state index in [1.807, 2.05) is 45.0 Å². The zero-order chi connectivity index (χ0) is 14.0. The number of benzene rings is 1. The number of ether oxygens (including phenoxy) is 1. The van der Waals surface area contributed by atoms with Crippen molar-refractivity contribution >= 4 is 11.7 Å². The zero-order valence-electron chi connectivity index (χ0n) is 11.7. The number of carbonyl (C=O) groups is 1. The van der Waals surface area contributed by atoms with Crippen molar-refractivity contribution in [3.63, 3.8) is 0 Å². The Morgan fingerprint density at radius 1 is 1.42 bits per heavy atom. The molecule has 1 aliphatic rings. The molecule has 1 aromatic carbocycles. The summed E-state index contributed by atoms with van der Waals surface area (Å²) in [6.45, 7) is 6.71. The first-order valence-corrected chi connectivity index (χ1v) is 6.76. The van der Waals surface area contributed by atoms with E-state index in [1.165, 1.54) is 0 Å². The average Bonchev–Trinajstić information content (AvgIpc) is 2.71. The SMILES string of the molecule is CC(C)Oc1ccccc1N1CCC(C(=O)O)C1C. The molecule has 19 heavy (non-hydrogen) atoms. The van der Waals surface area contributed by atoms with E-state index in [1.54, 1.807) is 0 Å². The van der Waals surface area contributed by atoms with E-state index >= 15 is 0 Å². The Bertz CT molecular complexity index is 458. The number of carboxylic acid groups (broad SMARTS) is 1. The molecule has 0 aliphatic carbocycles. The van der Waals surface area contributed by atoms with E-state index in [9.17, 15) is 9.90 Å². The molecule has 0 bridgehead atoms. The van der Waals surface area contributed by atoms with Crippen LogP contribution in [-0.4, -0.2) is 29.8 Å². The highest BCUT2D eigenvalue weighted by Gasteiger charge is 2.36. The topological polar surface area (TPSA) is 49.8 Å². The maximum absolute atomic E-state index is 11.2. The number of para-hydroxylation sites is 2. The second-order valence-corrected chi connectivity index (χ2v) is 5.30. The summed E-state index contributed by atoms with van der Waals surface area (Å²) in [5, 5.41) is 9.21. The monoisotopic (exact) mass is 263 g/mol. The number of nitrogens with zero attached hydrogens (tertiary/aromatic N) is 1. The quantitative estimate of drug-likeness (QED) is 0.907. The van der Waals surface area contributed by atoms with Crippen LogP contribution in [0.3, 0.4) is 0 Å². The summed E-state index contributed by atoms with van der Waals surface area (Å²) in [6, 6.07) is 7.84. The lowest BCUT2D eigenvalue weighted by Crippen LogP contribution is -2.33. The molecule has 0 aromatic heterocycles. The van der Waals surface area contributed by atoms with Crippen molar-refractivity contribution in [3.05, 3.63) is 24.3 Å². The van der Waals surface area contributed by atoms with Crippen molar-refractivity contribution in [1.82, 2.24) is 0 Å². The Labute approximate surface area is 114 Å². The van der Waals surface area contributed by atoms with Gasteiger partial charge >= 0.3 is 5.97 Å². The smallest absolute Gasteiger partial charge is 0.308 e. The molecule has 1 fully saturated rings. The van der Waals surface area contributed by atoms with Gasteiger partial charge in [0, 0.05) is 12.6 Å². The first kappa shape index (κ1) is 13.7. The van der Waals surface area contributed by atoms with Gasteiger partial charge in [0.15, 0.2) is 0 Å². The lowest BCUT2D eigenvalue weighted by molar-refractivity contribution is -0.141. The van der Waals surface area contributed by atoms with Crippen LogP contribution in [0.2, 0.25) is 0 Å². The highest BCUT2D eigenvalue weighted by molar-refractivity contribution is 5.73. The summed E-state index contributed by atoms with van der Waals surface area (Å²) < 4.78 is 5.81. The molecule has 1 heterocycles. The fourth-order valence-electron chi connectivity index (χ4n) is 2.66. The molecule has 4 nitrogen and oxygen atoms in total. The van der Waals surface area contributed by atoms with Crippen LogP contribution in [0.15, 0.2) is 24.3 Å². The first-order valence-electron chi connectivity index (χ1n) is 6.76. The van der Waals surface area contributed by atoms with Gasteiger partial charge < -0.3 is 14.7 Å². The van der Waals surface area contributed by atoms with Gasteiger partial charge in [-0.25, -0.2) is 0 Å². The van der Waals surface area contributed by atoms with E-state index in [4.69, 9.17) is 4.74 Å². The first-order chi connectivity index (χ1) is 9.00. The van der Waals surface area contributed by atoms with Crippen LogP contribution >= 0.6 is 0 Å². The van der Waals surface area contributed by atoms with Gasteiger partial charge in [0.25, 0.3) is 0 Å². The molecule has 2 unspecified atom stereocenters. The van der Waals surface area contributed by atoms with Gasteiger partial charge in [-0.2, -0.15) is 0 Å². The molecule has 1 aliphatic heterocycles. The summed E-state index contributed by atoms with van der Waals surface area (Å²) in [6.07, 6.45) is 0.793. The summed E-state index contributed by atoms with van der Waals surface area (Å²) >= 11 is 0. The molecular weight excluding hydrogens is 242 g/mol. The number of carboxylic acids is 1. The molecule has 0 amide bonds. The summed E-state index contributed by atoms with van der Waals surface area (Å²) in [5.41, 5.74) is 0.993. The van der Waals surface area contributed by atoms with Crippen molar-refractivity contribution in [3.8, 4) is 5.75 Å². The maximum Gasteiger partial charge on any atom is 0.308 e. The van der Waals surface area contributed by atoms with E-state index in [-0.39, 0.29) is 18.1 Å². The Morgan fingerprint density at radius 3 is 2.68 bits per heavy atom. The lowest BCUT2D eigenvalue weighted by atomic mass is 10.0. The highest BCUT2D eigenvalue weighted by Crippen LogP contribution is 2.36. The molecule has 4 heteroatoms. The molecule has 0 radical (unpaired) electrons. The molecule has 1 saturated heterocycles. The van der Waals surface area contributed by atoms with Crippen molar-refractivity contribution in [2.45, 2.75) is 39.3 Å². The van der Waals surface area contributed by atoms with Gasteiger partial charge in [0.1, 0.15) is 5.75 Å². The molecule has 0 spiro atoms. The van der Waals surface area contributed by atoms with Crippen LogP contribution in [0.25, 0.3) is 0 Å². The second kappa shape index (κ2) is 5.51. The largest absolute Gasteiger partial charge is 0.489 e. The third-order valence-corrected chi connectivity index (χ3v) is 3.61. The van der Waals surface area contributed by atoms with Crippen LogP contribution in [0.1, 0.15) is 27.2 Å². The van der Waals surface area contributed by atoms with Crippen molar-refractivity contribution in [2.75, 3.05) is 11.4 Å². The summed E-state index contributed by atoms with van der Waals surface area (Å²) in [7, 11) is 0. The molecule has 1 N–H and O–H groups in total. The molecule has 2 atom stereocenters. The van der Waals surface area contributed by atoms with Gasteiger partial charge in [-0.05, 0) is 39.3 Å². The Balaban J connectivity index is 2.25.